The van der Waals surface area contributed by atoms with E-state index in [1.54, 1.807) is 25.1 Å². The zero-order valence-corrected chi connectivity index (χ0v) is 13.0. The molecule has 0 aliphatic heterocycles. The minimum absolute atomic E-state index is 0.148. The molecule has 0 aliphatic carbocycles. The molecular weight excluding hydrogens is 288 g/mol. The molecule has 0 bridgehead atoms. The number of sulfonamides is 1. The maximum atomic E-state index is 12.5. The lowest BCUT2D eigenvalue weighted by Crippen LogP contribution is -2.16. The quantitative estimate of drug-likeness (QED) is 0.908. The molecule has 0 aliphatic rings. The van der Waals surface area contributed by atoms with Gasteiger partial charge in [-0.2, -0.15) is 0 Å². The minimum atomic E-state index is -3.73. The van der Waals surface area contributed by atoms with Crippen molar-refractivity contribution < 1.29 is 13.5 Å². The van der Waals surface area contributed by atoms with E-state index in [-0.39, 0.29) is 11.5 Å². The Kier molecular flexibility index (Phi) is 4.29. The first-order valence-electron chi connectivity index (χ1n) is 6.51. The van der Waals surface area contributed by atoms with Crippen LogP contribution in [-0.2, 0) is 16.6 Å². The largest absolute Gasteiger partial charge is 0.392 e. The van der Waals surface area contributed by atoms with Crippen molar-refractivity contribution in [3.05, 3.63) is 52.7 Å². The fraction of sp³-hybridized carbons (Fsp3) is 0.267. The molecule has 1 aromatic carbocycles. The number of benzene rings is 1. The Labute approximate surface area is 124 Å². The van der Waals surface area contributed by atoms with E-state index < -0.39 is 10.0 Å². The van der Waals surface area contributed by atoms with Gasteiger partial charge < -0.3 is 5.11 Å². The van der Waals surface area contributed by atoms with Crippen LogP contribution in [0.5, 0.6) is 0 Å². The van der Waals surface area contributed by atoms with Crippen molar-refractivity contribution in [3.8, 4) is 0 Å². The van der Waals surface area contributed by atoms with E-state index in [0.717, 1.165) is 11.3 Å². The number of pyridine rings is 1. The van der Waals surface area contributed by atoms with Gasteiger partial charge in [-0.1, -0.05) is 12.1 Å². The summed E-state index contributed by atoms with van der Waals surface area (Å²) in [6, 6.07) is 8.37. The predicted molar refractivity (Wildman–Crippen MR) is 81.6 cm³/mol. The molecule has 0 radical (unpaired) electrons. The predicted octanol–water partition coefficient (Wildman–Crippen LogP) is 2.30. The van der Waals surface area contributed by atoms with Gasteiger partial charge in [0, 0.05) is 5.69 Å². The second kappa shape index (κ2) is 5.83. The van der Waals surface area contributed by atoms with Crippen molar-refractivity contribution >= 4 is 15.8 Å². The molecule has 0 fully saturated rings. The first-order valence-corrected chi connectivity index (χ1v) is 7.99. The Hall–Kier alpha value is -1.92. The van der Waals surface area contributed by atoms with Crippen LogP contribution in [0.1, 0.15) is 22.4 Å². The van der Waals surface area contributed by atoms with E-state index in [2.05, 4.69) is 9.71 Å². The van der Waals surface area contributed by atoms with E-state index in [9.17, 15) is 13.5 Å². The van der Waals surface area contributed by atoms with Crippen molar-refractivity contribution in [2.75, 3.05) is 4.72 Å². The van der Waals surface area contributed by atoms with Crippen LogP contribution < -0.4 is 4.72 Å². The monoisotopic (exact) mass is 306 g/mol. The number of anilines is 1. The molecule has 0 saturated carbocycles. The first-order chi connectivity index (χ1) is 9.83. The smallest absolute Gasteiger partial charge is 0.263 e. The van der Waals surface area contributed by atoms with Gasteiger partial charge in [0.05, 0.1) is 11.5 Å². The van der Waals surface area contributed by atoms with Gasteiger partial charge >= 0.3 is 0 Å². The molecule has 0 spiro atoms. The normalized spacial score (nSPS) is 11.4. The Morgan fingerprint density at radius 2 is 1.90 bits per heavy atom. The second-order valence-corrected chi connectivity index (χ2v) is 6.63. The number of hydrogen-bond donors (Lipinski definition) is 2. The van der Waals surface area contributed by atoms with Crippen molar-refractivity contribution in [3.63, 3.8) is 0 Å². The Morgan fingerprint density at radius 3 is 2.52 bits per heavy atom. The van der Waals surface area contributed by atoms with E-state index >= 15 is 0 Å². The number of aryl methyl sites for hydroxylation is 2. The number of nitrogens with zero attached hydrogens (tertiary/aromatic N) is 1. The van der Waals surface area contributed by atoms with E-state index in [1.165, 1.54) is 6.07 Å². The summed E-state index contributed by atoms with van der Waals surface area (Å²) in [5.74, 6) is 0.293. The summed E-state index contributed by atoms with van der Waals surface area (Å²) in [5.41, 5.74) is 2.80. The fourth-order valence-electron chi connectivity index (χ4n) is 2.21. The Bertz CT molecular complexity index is 750. The molecule has 1 heterocycles. The van der Waals surface area contributed by atoms with Gasteiger partial charge in [0.25, 0.3) is 10.0 Å². The summed E-state index contributed by atoms with van der Waals surface area (Å²) in [4.78, 5) is 4.33. The zero-order valence-electron chi connectivity index (χ0n) is 12.2. The van der Waals surface area contributed by atoms with E-state index in [1.807, 2.05) is 19.9 Å². The van der Waals surface area contributed by atoms with Crippen LogP contribution >= 0.6 is 0 Å². The van der Waals surface area contributed by atoms with Crippen molar-refractivity contribution in [2.24, 2.45) is 0 Å². The van der Waals surface area contributed by atoms with Crippen LogP contribution in [0.15, 0.2) is 35.2 Å². The van der Waals surface area contributed by atoms with Gasteiger partial charge in [0.1, 0.15) is 5.82 Å². The van der Waals surface area contributed by atoms with E-state index in [0.29, 0.717) is 16.9 Å². The lowest BCUT2D eigenvalue weighted by Gasteiger charge is -2.12. The van der Waals surface area contributed by atoms with Gasteiger partial charge in [-0.05, 0) is 55.7 Å². The highest BCUT2D eigenvalue weighted by atomic mass is 32.2. The SMILES string of the molecule is Cc1cc(C)nc(NS(=O)(=O)c2cccc(CO)c2C)c1. The number of hydrogen-bond acceptors (Lipinski definition) is 4. The summed E-state index contributed by atoms with van der Waals surface area (Å²) >= 11 is 0. The van der Waals surface area contributed by atoms with Crippen molar-refractivity contribution in [1.82, 2.24) is 4.98 Å². The fourth-order valence-corrected chi connectivity index (χ4v) is 3.49. The van der Waals surface area contributed by atoms with Gasteiger partial charge in [-0.3, -0.25) is 4.72 Å². The summed E-state index contributed by atoms with van der Waals surface area (Å²) in [6.45, 7) is 5.17. The molecule has 0 atom stereocenters. The molecule has 0 saturated heterocycles. The molecule has 2 aromatic rings. The minimum Gasteiger partial charge on any atom is -0.392 e. The summed E-state index contributed by atoms with van der Waals surface area (Å²) in [5, 5.41) is 9.24. The number of aliphatic hydroxyl groups excluding tert-OH is 1. The average molecular weight is 306 g/mol. The van der Waals surface area contributed by atoms with Gasteiger partial charge in [-0.25, -0.2) is 13.4 Å². The third kappa shape index (κ3) is 3.40. The van der Waals surface area contributed by atoms with Crippen LogP contribution in [-0.4, -0.2) is 18.5 Å². The van der Waals surface area contributed by atoms with Gasteiger partial charge in [0.2, 0.25) is 0 Å². The maximum absolute atomic E-state index is 12.5. The highest BCUT2D eigenvalue weighted by Crippen LogP contribution is 2.22. The standard InChI is InChI=1S/C15H18N2O3S/c1-10-7-11(2)16-15(8-10)17-21(19,20)14-6-4-5-13(9-18)12(14)3/h4-8,18H,9H2,1-3H3,(H,16,17). The molecule has 112 valence electrons. The van der Waals surface area contributed by atoms with Gasteiger partial charge in [-0.15, -0.1) is 0 Å². The van der Waals surface area contributed by atoms with Crippen LogP contribution in [0, 0.1) is 20.8 Å². The number of nitrogens with one attached hydrogen (secondary N) is 1. The summed E-state index contributed by atoms with van der Waals surface area (Å²) < 4.78 is 27.4. The summed E-state index contributed by atoms with van der Waals surface area (Å²) in [6.07, 6.45) is 0. The third-order valence-electron chi connectivity index (χ3n) is 3.19. The van der Waals surface area contributed by atoms with Crippen LogP contribution in [0.3, 0.4) is 0 Å². The molecule has 5 nitrogen and oxygen atoms in total. The van der Waals surface area contributed by atoms with E-state index in [4.69, 9.17) is 0 Å². The van der Waals surface area contributed by atoms with Crippen LogP contribution in [0.25, 0.3) is 0 Å². The number of rotatable bonds is 4. The molecule has 0 unspecified atom stereocenters. The molecule has 2 rings (SSSR count). The molecule has 1 aromatic heterocycles. The lowest BCUT2D eigenvalue weighted by atomic mass is 10.1. The van der Waals surface area contributed by atoms with Crippen molar-refractivity contribution in [2.45, 2.75) is 32.3 Å². The lowest BCUT2D eigenvalue weighted by molar-refractivity contribution is 0.280. The molecule has 0 amide bonds. The average Bonchev–Trinajstić information content (AvgIpc) is 2.36. The Morgan fingerprint density at radius 1 is 1.19 bits per heavy atom. The summed E-state index contributed by atoms with van der Waals surface area (Å²) in [7, 11) is -3.73. The van der Waals surface area contributed by atoms with Gasteiger partial charge in [0.15, 0.2) is 0 Å². The highest BCUT2D eigenvalue weighted by molar-refractivity contribution is 7.92. The Balaban J connectivity index is 2.43. The molecule has 2 N–H and O–H groups in total. The molecule has 6 heteroatoms. The molecule has 21 heavy (non-hydrogen) atoms. The van der Waals surface area contributed by atoms with Crippen LogP contribution in [0.4, 0.5) is 5.82 Å². The number of aromatic nitrogens is 1. The first kappa shape index (κ1) is 15.5. The van der Waals surface area contributed by atoms with Crippen molar-refractivity contribution in [1.29, 1.82) is 0 Å². The third-order valence-corrected chi connectivity index (χ3v) is 4.69. The number of aliphatic hydroxyl groups is 1. The molecular formula is C15H18N2O3S. The van der Waals surface area contributed by atoms with Crippen LogP contribution in [0.2, 0.25) is 0 Å². The maximum Gasteiger partial charge on any atom is 0.263 e. The topological polar surface area (TPSA) is 79.3 Å². The second-order valence-electron chi connectivity index (χ2n) is 4.98. The zero-order chi connectivity index (χ0) is 15.6. The highest BCUT2D eigenvalue weighted by Gasteiger charge is 2.19.